The molecule has 2 heteroatoms. The second kappa shape index (κ2) is 3.99. The number of amides is 1. The van der Waals surface area contributed by atoms with E-state index in [0.717, 1.165) is 24.9 Å². The van der Waals surface area contributed by atoms with Crippen molar-refractivity contribution >= 4 is 5.91 Å². The van der Waals surface area contributed by atoms with E-state index < -0.39 is 0 Å². The summed E-state index contributed by atoms with van der Waals surface area (Å²) in [5.74, 6) is 2.27. The number of rotatable bonds is 1. The Morgan fingerprint density at radius 1 is 1.00 bits per heavy atom. The van der Waals surface area contributed by atoms with Crippen molar-refractivity contribution in [1.82, 2.24) is 4.90 Å². The fourth-order valence-electron chi connectivity index (χ4n) is 6.40. The smallest absolute Gasteiger partial charge is 0.228 e. The molecule has 1 heterocycles. The van der Waals surface area contributed by atoms with Crippen molar-refractivity contribution in [3.8, 4) is 0 Å². The van der Waals surface area contributed by atoms with Gasteiger partial charge in [0.1, 0.15) is 0 Å². The minimum atomic E-state index is 0.0656. The van der Waals surface area contributed by atoms with Gasteiger partial charge in [-0.2, -0.15) is 0 Å². The van der Waals surface area contributed by atoms with E-state index in [1.54, 1.807) is 0 Å². The van der Waals surface area contributed by atoms with Gasteiger partial charge in [0.2, 0.25) is 5.91 Å². The normalized spacial score (nSPS) is 48.6. The molecular formula is C17H27NO. The monoisotopic (exact) mass is 261 g/mol. The summed E-state index contributed by atoms with van der Waals surface area (Å²) in [5, 5.41) is 0. The summed E-state index contributed by atoms with van der Waals surface area (Å²) in [5.41, 5.74) is 0.561. The Kier molecular flexibility index (Phi) is 2.57. The molecular weight excluding hydrogens is 234 g/mol. The van der Waals surface area contributed by atoms with Gasteiger partial charge in [0.05, 0.1) is 5.41 Å². The summed E-state index contributed by atoms with van der Waals surface area (Å²) in [4.78, 5) is 15.3. The zero-order valence-electron chi connectivity index (χ0n) is 12.3. The van der Waals surface area contributed by atoms with Crippen LogP contribution in [0.1, 0.15) is 64.7 Å². The predicted molar refractivity (Wildman–Crippen MR) is 75.7 cm³/mol. The Hall–Kier alpha value is -0.530. The molecule has 106 valence electrons. The molecule has 0 aromatic carbocycles. The third kappa shape index (κ3) is 1.86. The summed E-state index contributed by atoms with van der Waals surface area (Å²) in [6, 6.07) is 0. The van der Waals surface area contributed by atoms with Crippen molar-refractivity contribution in [3.05, 3.63) is 0 Å². The first-order valence-corrected chi connectivity index (χ1v) is 8.38. The number of likely N-dealkylation sites (tertiary alicyclic amines) is 1. The lowest BCUT2D eigenvalue weighted by Crippen LogP contribution is -2.58. The van der Waals surface area contributed by atoms with Crippen LogP contribution in [0, 0.1) is 22.7 Å². The van der Waals surface area contributed by atoms with Gasteiger partial charge in [-0.25, -0.2) is 0 Å². The quantitative estimate of drug-likeness (QED) is 0.706. The van der Waals surface area contributed by atoms with Crippen LogP contribution < -0.4 is 0 Å². The van der Waals surface area contributed by atoms with E-state index in [1.165, 1.54) is 57.8 Å². The van der Waals surface area contributed by atoms with Crippen LogP contribution in [0.25, 0.3) is 0 Å². The fraction of sp³-hybridized carbons (Fsp3) is 0.941. The summed E-state index contributed by atoms with van der Waals surface area (Å²) < 4.78 is 0. The SMILES string of the molecule is CC12CC3CC(C1)CC(C(=O)N1CCCCC1)(C3)C2. The molecule has 5 aliphatic rings. The number of hydrogen-bond acceptors (Lipinski definition) is 1. The van der Waals surface area contributed by atoms with E-state index in [0.29, 0.717) is 11.3 Å². The Morgan fingerprint density at radius 2 is 1.63 bits per heavy atom. The molecule has 4 bridgehead atoms. The highest BCUT2D eigenvalue weighted by molar-refractivity contribution is 5.83. The van der Waals surface area contributed by atoms with E-state index in [9.17, 15) is 4.79 Å². The molecule has 0 radical (unpaired) electrons. The Bertz CT molecular complexity index is 382. The standard InChI is InChI=1S/C17H27NO/c1-16-8-13-7-14(9-16)11-17(10-13,12-16)15(19)18-5-3-2-4-6-18/h13-14H,2-12H2,1H3. The zero-order valence-corrected chi connectivity index (χ0v) is 12.3. The van der Waals surface area contributed by atoms with Crippen LogP contribution in [0.3, 0.4) is 0 Å². The van der Waals surface area contributed by atoms with Gasteiger partial charge in [-0.15, -0.1) is 0 Å². The second-order valence-electron chi connectivity index (χ2n) is 8.40. The molecule has 4 aliphatic carbocycles. The topological polar surface area (TPSA) is 20.3 Å². The van der Waals surface area contributed by atoms with Crippen LogP contribution in [0.5, 0.6) is 0 Å². The minimum Gasteiger partial charge on any atom is -0.342 e. The van der Waals surface area contributed by atoms with E-state index in [4.69, 9.17) is 0 Å². The van der Waals surface area contributed by atoms with Gasteiger partial charge in [0.15, 0.2) is 0 Å². The van der Waals surface area contributed by atoms with Crippen LogP contribution >= 0.6 is 0 Å². The highest BCUT2D eigenvalue weighted by Crippen LogP contribution is 2.65. The molecule has 4 saturated carbocycles. The van der Waals surface area contributed by atoms with Crippen molar-refractivity contribution in [1.29, 1.82) is 0 Å². The number of carbonyl (C=O) groups excluding carboxylic acids is 1. The van der Waals surface area contributed by atoms with E-state index >= 15 is 0 Å². The third-order valence-corrected chi connectivity index (χ3v) is 6.45. The van der Waals surface area contributed by atoms with Gasteiger partial charge in [-0.3, -0.25) is 4.79 Å². The minimum absolute atomic E-state index is 0.0656. The average molecular weight is 261 g/mol. The first-order valence-electron chi connectivity index (χ1n) is 8.38. The van der Waals surface area contributed by atoms with Gasteiger partial charge in [-0.05, 0) is 75.0 Å². The summed E-state index contributed by atoms with van der Waals surface area (Å²) in [6.07, 6.45) is 11.6. The molecule has 0 N–H and O–H groups in total. The number of nitrogens with zero attached hydrogens (tertiary/aromatic N) is 1. The van der Waals surface area contributed by atoms with E-state index in [-0.39, 0.29) is 5.41 Å². The van der Waals surface area contributed by atoms with Crippen molar-refractivity contribution < 1.29 is 4.79 Å². The van der Waals surface area contributed by atoms with Gasteiger partial charge < -0.3 is 4.90 Å². The number of carbonyl (C=O) groups is 1. The lowest BCUT2D eigenvalue weighted by Gasteiger charge is -2.61. The maximum atomic E-state index is 13.1. The number of hydrogen-bond donors (Lipinski definition) is 0. The average Bonchev–Trinajstić information content (AvgIpc) is 2.36. The van der Waals surface area contributed by atoms with Crippen LogP contribution in [0.2, 0.25) is 0 Å². The Labute approximate surface area is 116 Å². The van der Waals surface area contributed by atoms with Crippen molar-refractivity contribution in [2.24, 2.45) is 22.7 Å². The maximum absolute atomic E-state index is 13.1. The first kappa shape index (κ1) is 12.2. The Balaban J connectivity index is 1.60. The molecule has 0 aromatic rings. The molecule has 5 rings (SSSR count). The highest BCUT2D eigenvalue weighted by Gasteiger charge is 2.59. The predicted octanol–water partition coefficient (Wildman–Crippen LogP) is 3.61. The summed E-state index contributed by atoms with van der Waals surface area (Å²) in [7, 11) is 0. The second-order valence-corrected chi connectivity index (χ2v) is 8.40. The van der Waals surface area contributed by atoms with Gasteiger partial charge >= 0.3 is 0 Å². The highest BCUT2D eigenvalue weighted by atomic mass is 16.2. The maximum Gasteiger partial charge on any atom is 0.228 e. The molecule has 0 spiro atoms. The van der Waals surface area contributed by atoms with Crippen LogP contribution in [0.15, 0.2) is 0 Å². The van der Waals surface area contributed by atoms with Crippen molar-refractivity contribution in [2.75, 3.05) is 13.1 Å². The molecule has 0 aromatic heterocycles. The fourth-order valence-corrected chi connectivity index (χ4v) is 6.40. The molecule has 2 atom stereocenters. The summed E-state index contributed by atoms with van der Waals surface area (Å²) in [6.45, 7) is 4.53. The molecule has 1 amide bonds. The van der Waals surface area contributed by atoms with E-state index in [2.05, 4.69) is 11.8 Å². The van der Waals surface area contributed by atoms with E-state index in [1.807, 2.05) is 0 Å². The summed E-state index contributed by atoms with van der Waals surface area (Å²) >= 11 is 0. The van der Waals surface area contributed by atoms with Crippen LogP contribution in [0.4, 0.5) is 0 Å². The molecule has 1 saturated heterocycles. The Morgan fingerprint density at radius 3 is 2.21 bits per heavy atom. The van der Waals surface area contributed by atoms with Gasteiger partial charge in [0.25, 0.3) is 0 Å². The van der Waals surface area contributed by atoms with Gasteiger partial charge in [-0.1, -0.05) is 6.92 Å². The van der Waals surface area contributed by atoms with Gasteiger partial charge in [0, 0.05) is 13.1 Å². The molecule has 5 fully saturated rings. The molecule has 2 unspecified atom stereocenters. The van der Waals surface area contributed by atoms with Crippen LogP contribution in [-0.4, -0.2) is 23.9 Å². The van der Waals surface area contributed by atoms with Crippen LogP contribution in [-0.2, 0) is 4.79 Å². The number of piperidine rings is 1. The first-order chi connectivity index (χ1) is 9.09. The van der Waals surface area contributed by atoms with Crippen molar-refractivity contribution in [3.63, 3.8) is 0 Å². The lowest BCUT2D eigenvalue weighted by molar-refractivity contribution is -0.166. The lowest BCUT2D eigenvalue weighted by atomic mass is 9.44. The van der Waals surface area contributed by atoms with Crippen molar-refractivity contribution in [2.45, 2.75) is 64.7 Å². The molecule has 19 heavy (non-hydrogen) atoms. The largest absolute Gasteiger partial charge is 0.342 e. The third-order valence-electron chi connectivity index (χ3n) is 6.45. The zero-order chi connectivity index (χ0) is 13.1. The molecule has 1 aliphatic heterocycles. The molecule has 2 nitrogen and oxygen atoms in total.